The topological polar surface area (TPSA) is 98.3 Å². The van der Waals surface area contributed by atoms with Crippen molar-refractivity contribution in [3.05, 3.63) is 42.1 Å². The van der Waals surface area contributed by atoms with Gasteiger partial charge in [0.1, 0.15) is 23.8 Å². The molecule has 2 aliphatic rings. The van der Waals surface area contributed by atoms with E-state index in [0.29, 0.717) is 35.7 Å². The first-order valence-corrected chi connectivity index (χ1v) is 13.0. The second-order valence-corrected chi connectivity index (χ2v) is 10.4. The highest BCUT2D eigenvalue weighted by atomic mass is 32.2. The Morgan fingerprint density at radius 1 is 1.14 bits per heavy atom. The molecule has 5 rings (SSSR count). The SMILES string of the molecule is CSc1cc(C2CCC2)cc(Nc2cc(NC(C)=O)ncc2-c2ccc3c(n2)OCC(C)(C)O3)n1. The molecule has 0 bridgehead atoms. The molecule has 0 aromatic carbocycles. The molecular formula is C26H29N5O3S. The molecule has 4 heterocycles. The molecule has 0 atom stereocenters. The van der Waals surface area contributed by atoms with E-state index in [0.717, 1.165) is 22.1 Å². The first kappa shape index (κ1) is 23.4. The maximum absolute atomic E-state index is 11.7. The Morgan fingerprint density at radius 2 is 1.97 bits per heavy atom. The zero-order valence-electron chi connectivity index (χ0n) is 20.3. The van der Waals surface area contributed by atoms with Crippen LogP contribution in [0.5, 0.6) is 11.6 Å². The third kappa shape index (κ3) is 5.19. The number of fused-ring (bicyclic) bond motifs is 1. The summed E-state index contributed by atoms with van der Waals surface area (Å²) in [7, 11) is 0. The number of ether oxygens (including phenoxy) is 2. The van der Waals surface area contributed by atoms with Crippen molar-refractivity contribution in [2.75, 3.05) is 23.5 Å². The average Bonchev–Trinajstić information content (AvgIpc) is 2.77. The van der Waals surface area contributed by atoms with Crippen LogP contribution in [0.15, 0.2) is 41.6 Å². The van der Waals surface area contributed by atoms with Gasteiger partial charge in [-0.15, -0.1) is 11.8 Å². The van der Waals surface area contributed by atoms with Gasteiger partial charge in [0.2, 0.25) is 5.91 Å². The van der Waals surface area contributed by atoms with Gasteiger partial charge in [-0.1, -0.05) is 6.42 Å². The summed E-state index contributed by atoms with van der Waals surface area (Å²) in [6.07, 6.45) is 7.42. The zero-order chi connectivity index (χ0) is 24.6. The van der Waals surface area contributed by atoms with Crippen molar-refractivity contribution in [3.63, 3.8) is 0 Å². The van der Waals surface area contributed by atoms with Crippen LogP contribution in [0.25, 0.3) is 11.3 Å². The maximum Gasteiger partial charge on any atom is 0.257 e. The minimum atomic E-state index is -0.406. The fourth-order valence-corrected chi connectivity index (χ4v) is 4.59. The summed E-state index contributed by atoms with van der Waals surface area (Å²) < 4.78 is 11.9. The molecule has 1 aliphatic heterocycles. The molecule has 9 heteroatoms. The fraction of sp³-hybridized carbons (Fsp3) is 0.385. The summed E-state index contributed by atoms with van der Waals surface area (Å²) in [5.41, 5.74) is 3.07. The summed E-state index contributed by atoms with van der Waals surface area (Å²) in [6, 6.07) is 9.85. The van der Waals surface area contributed by atoms with Gasteiger partial charge in [-0.3, -0.25) is 4.79 Å². The summed E-state index contributed by atoms with van der Waals surface area (Å²) >= 11 is 1.62. The zero-order valence-corrected chi connectivity index (χ0v) is 21.2. The van der Waals surface area contributed by atoms with E-state index in [1.165, 1.54) is 31.7 Å². The van der Waals surface area contributed by atoms with E-state index >= 15 is 0 Å². The first-order chi connectivity index (χ1) is 16.8. The van der Waals surface area contributed by atoms with Crippen molar-refractivity contribution in [1.29, 1.82) is 0 Å². The lowest BCUT2D eigenvalue weighted by Gasteiger charge is -2.31. The van der Waals surface area contributed by atoms with Gasteiger partial charge in [-0.05, 0) is 68.7 Å². The highest BCUT2D eigenvalue weighted by molar-refractivity contribution is 7.98. The number of rotatable bonds is 6. The molecule has 35 heavy (non-hydrogen) atoms. The monoisotopic (exact) mass is 491 g/mol. The number of thioether (sulfide) groups is 1. The van der Waals surface area contributed by atoms with Gasteiger partial charge >= 0.3 is 0 Å². The molecule has 8 nitrogen and oxygen atoms in total. The van der Waals surface area contributed by atoms with Gasteiger partial charge in [0.15, 0.2) is 5.75 Å². The van der Waals surface area contributed by atoms with Crippen LogP contribution in [0.3, 0.4) is 0 Å². The number of hydrogen-bond acceptors (Lipinski definition) is 8. The Hall–Kier alpha value is -3.33. The van der Waals surface area contributed by atoms with Crippen molar-refractivity contribution in [2.45, 2.75) is 56.6 Å². The molecule has 0 unspecified atom stereocenters. The molecule has 0 spiro atoms. The molecule has 3 aromatic rings. The Balaban J connectivity index is 1.53. The van der Waals surface area contributed by atoms with E-state index in [1.807, 2.05) is 32.2 Å². The lowest BCUT2D eigenvalue weighted by Crippen LogP contribution is -2.39. The average molecular weight is 492 g/mol. The summed E-state index contributed by atoms with van der Waals surface area (Å²) in [6.45, 7) is 5.83. The minimum Gasteiger partial charge on any atom is -0.479 e. The van der Waals surface area contributed by atoms with Crippen LogP contribution in [-0.2, 0) is 4.79 Å². The molecule has 3 aromatic heterocycles. The third-order valence-corrected chi connectivity index (χ3v) is 6.75. The van der Waals surface area contributed by atoms with E-state index in [2.05, 4.69) is 27.8 Å². The van der Waals surface area contributed by atoms with Crippen LogP contribution in [0.4, 0.5) is 17.3 Å². The number of pyridine rings is 3. The number of aromatic nitrogens is 3. The summed E-state index contributed by atoms with van der Waals surface area (Å²) in [4.78, 5) is 25.6. The Labute approximate surface area is 209 Å². The van der Waals surface area contributed by atoms with E-state index < -0.39 is 5.60 Å². The molecule has 0 radical (unpaired) electrons. The Kier molecular flexibility index (Phi) is 6.27. The second kappa shape index (κ2) is 9.37. The summed E-state index contributed by atoms with van der Waals surface area (Å²) in [5, 5.41) is 7.19. The number of amides is 1. The van der Waals surface area contributed by atoms with Crippen LogP contribution in [0.1, 0.15) is 51.5 Å². The highest BCUT2D eigenvalue weighted by Crippen LogP contribution is 2.40. The van der Waals surface area contributed by atoms with E-state index in [4.69, 9.17) is 19.4 Å². The second-order valence-electron chi connectivity index (χ2n) is 9.53. The predicted octanol–water partition coefficient (Wildman–Crippen LogP) is 5.78. The molecule has 1 amide bonds. The molecule has 1 fully saturated rings. The maximum atomic E-state index is 11.7. The largest absolute Gasteiger partial charge is 0.479 e. The highest BCUT2D eigenvalue weighted by Gasteiger charge is 2.29. The number of nitrogens with one attached hydrogen (secondary N) is 2. The number of carbonyl (C=O) groups excluding carboxylic acids is 1. The smallest absolute Gasteiger partial charge is 0.257 e. The standard InChI is InChI=1S/C26H29N5O3S/c1-15(32)28-22-12-20(29-23-10-17(16-6-5-7-16)11-24(31-23)35-4)18(13-27-22)19-8-9-21-25(30-19)33-14-26(2,3)34-21/h8-13,16H,5-7,14H2,1-4H3,(H2,27,28,29,31,32). The van der Waals surface area contributed by atoms with Crippen molar-refractivity contribution in [1.82, 2.24) is 15.0 Å². The quantitative estimate of drug-likeness (QED) is 0.419. The van der Waals surface area contributed by atoms with Crippen LogP contribution in [-0.4, -0.2) is 39.3 Å². The van der Waals surface area contributed by atoms with Crippen LogP contribution >= 0.6 is 11.8 Å². The van der Waals surface area contributed by atoms with Crippen LogP contribution in [0, 0.1) is 0 Å². The van der Waals surface area contributed by atoms with E-state index in [9.17, 15) is 4.79 Å². The Morgan fingerprint density at radius 3 is 2.69 bits per heavy atom. The van der Waals surface area contributed by atoms with Gasteiger partial charge in [0.25, 0.3) is 5.88 Å². The van der Waals surface area contributed by atoms with Crippen molar-refractivity contribution >= 4 is 35.0 Å². The van der Waals surface area contributed by atoms with E-state index in [1.54, 1.807) is 24.0 Å². The molecule has 0 saturated heterocycles. The lowest BCUT2D eigenvalue weighted by molar-refractivity contribution is -0.114. The van der Waals surface area contributed by atoms with Crippen molar-refractivity contribution in [3.8, 4) is 22.9 Å². The molecular weight excluding hydrogens is 462 g/mol. The van der Waals surface area contributed by atoms with E-state index in [-0.39, 0.29) is 5.91 Å². The van der Waals surface area contributed by atoms with Crippen LogP contribution < -0.4 is 20.1 Å². The third-order valence-electron chi connectivity index (χ3n) is 6.12. The minimum absolute atomic E-state index is 0.189. The van der Waals surface area contributed by atoms with Gasteiger partial charge in [-0.25, -0.2) is 15.0 Å². The number of nitrogens with zero attached hydrogens (tertiary/aromatic N) is 3. The lowest BCUT2D eigenvalue weighted by atomic mass is 9.80. The first-order valence-electron chi connectivity index (χ1n) is 11.7. The number of carbonyl (C=O) groups is 1. The van der Waals surface area contributed by atoms with Gasteiger partial charge in [0, 0.05) is 24.8 Å². The molecule has 1 saturated carbocycles. The molecule has 1 aliphatic carbocycles. The molecule has 182 valence electrons. The van der Waals surface area contributed by atoms with Gasteiger partial charge in [0.05, 0.1) is 16.4 Å². The normalized spacial score (nSPS) is 16.3. The fourth-order valence-electron chi connectivity index (χ4n) is 4.15. The predicted molar refractivity (Wildman–Crippen MR) is 138 cm³/mol. The molecule has 2 N–H and O–H groups in total. The van der Waals surface area contributed by atoms with Gasteiger partial charge < -0.3 is 20.1 Å². The van der Waals surface area contributed by atoms with Crippen LogP contribution in [0.2, 0.25) is 0 Å². The number of anilines is 3. The number of hydrogen-bond donors (Lipinski definition) is 2. The van der Waals surface area contributed by atoms with Gasteiger partial charge in [-0.2, -0.15) is 0 Å². The van der Waals surface area contributed by atoms with Crippen molar-refractivity contribution < 1.29 is 14.3 Å². The van der Waals surface area contributed by atoms with Crippen molar-refractivity contribution in [2.24, 2.45) is 0 Å². The Bertz CT molecular complexity index is 1280. The summed E-state index contributed by atoms with van der Waals surface area (Å²) in [5.74, 6) is 2.66.